The molecular formula is C19H39ClN2O3. The van der Waals surface area contributed by atoms with Crippen LogP contribution in [-0.2, 0) is 14.3 Å². The number of hydrogen-bond acceptors (Lipinski definition) is 4. The Balaban J connectivity index is 0. The highest BCUT2D eigenvalue weighted by Crippen LogP contribution is 2.10. The van der Waals surface area contributed by atoms with E-state index in [0.29, 0.717) is 19.4 Å². The third kappa shape index (κ3) is 17.8. The van der Waals surface area contributed by atoms with Gasteiger partial charge in [0.15, 0.2) is 0 Å². The van der Waals surface area contributed by atoms with Gasteiger partial charge in [0.2, 0.25) is 5.91 Å². The number of unbranched alkanes of at least 4 members (excludes halogenated alkanes) is 9. The summed E-state index contributed by atoms with van der Waals surface area (Å²) >= 11 is 0. The molecule has 0 aliphatic heterocycles. The Kier molecular flexibility index (Phi) is 20.6. The first kappa shape index (κ1) is 26.4. The summed E-state index contributed by atoms with van der Waals surface area (Å²) in [6.07, 6.45) is 14.3. The number of nitrogens with one attached hydrogen (secondary N) is 1. The van der Waals surface area contributed by atoms with E-state index in [1.807, 2.05) is 0 Å². The zero-order valence-corrected chi connectivity index (χ0v) is 17.0. The fourth-order valence-corrected chi connectivity index (χ4v) is 2.67. The molecule has 3 N–H and O–H groups in total. The topological polar surface area (TPSA) is 81.4 Å². The van der Waals surface area contributed by atoms with Crippen LogP contribution in [0, 0.1) is 0 Å². The first-order valence-electron chi connectivity index (χ1n) is 9.72. The van der Waals surface area contributed by atoms with E-state index in [9.17, 15) is 9.59 Å². The van der Waals surface area contributed by atoms with Crippen molar-refractivity contribution in [1.82, 2.24) is 5.32 Å². The predicted molar refractivity (Wildman–Crippen MR) is 106 cm³/mol. The van der Waals surface area contributed by atoms with Crippen molar-refractivity contribution < 1.29 is 14.3 Å². The highest BCUT2D eigenvalue weighted by molar-refractivity contribution is 5.85. The fraction of sp³-hybridized carbons (Fsp3) is 0.895. The maximum Gasteiger partial charge on any atom is 0.322 e. The Hall–Kier alpha value is -0.810. The van der Waals surface area contributed by atoms with Gasteiger partial charge in [-0.25, -0.2) is 0 Å². The first-order chi connectivity index (χ1) is 11.6. The molecule has 6 heteroatoms. The van der Waals surface area contributed by atoms with Crippen LogP contribution < -0.4 is 11.1 Å². The fourth-order valence-electron chi connectivity index (χ4n) is 2.67. The van der Waals surface area contributed by atoms with Gasteiger partial charge in [-0.05, 0) is 25.7 Å². The molecular weight excluding hydrogens is 340 g/mol. The van der Waals surface area contributed by atoms with Crippen LogP contribution in [0.2, 0.25) is 0 Å². The number of hydrogen-bond donors (Lipinski definition) is 2. The molecule has 1 atom stereocenters. The lowest BCUT2D eigenvalue weighted by atomic mass is 10.1. The molecule has 0 rings (SSSR count). The highest BCUT2D eigenvalue weighted by atomic mass is 35.5. The molecule has 0 bridgehead atoms. The predicted octanol–water partition coefficient (Wildman–Crippen LogP) is 4.12. The summed E-state index contributed by atoms with van der Waals surface area (Å²) in [4.78, 5) is 22.8. The van der Waals surface area contributed by atoms with E-state index in [0.717, 1.165) is 25.7 Å². The van der Waals surface area contributed by atoms with Crippen LogP contribution in [0.4, 0.5) is 0 Å². The second-order valence-electron chi connectivity index (χ2n) is 6.55. The van der Waals surface area contributed by atoms with Crippen LogP contribution in [0.5, 0.6) is 0 Å². The summed E-state index contributed by atoms with van der Waals surface area (Å²) in [6.45, 7) is 2.90. The van der Waals surface area contributed by atoms with Crippen molar-refractivity contribution in [3.8, 4) is 0 Å². The molecule has 0 unspecified atom stereocenters. The van der Waals surface area contributed by atoms with Gasteiger partial charge in [0.05, 0.1) is 7.11 Å². The molecule has 0 spiro atoms. The Morgan fingerprint density at radius 3 is 2.04 bits per heavy atom. The van der Waals surface area contributed by atoms with Crippen molar-refractivity contribution in [2.75, 3.05) is 13.7 Å². The monoisotopic (exact) mass is 378 g/mol. The number of methoxy groups -OCH3 is 1. The molecule has 0 saturated carbocycles. The van der Waals surface area contributed by atoms with Crippen LogP contribution in [0.1, 0.15) is 90.4 Å². The zero-order chi connectivity index (χ0) is 18.0. The van der Waals surface area contributed by atoms with Crippen molar-refractivity contribution in [3.05, 3.63) is 0 Å². The lowest BCUT2D eigenvalue weighted by Gasteiger charge is -2.09. The van der Waals surface area contributed by atoms with Crippen molar-refractivity contribution in [3.63, 3.8) is 0 Å². The van der Waals surface area contributed by atoms with E-state index >= 15 is 0 Å². The summed E-state index contributed by atoms with van der Waals surface area (Å²) in [6, 6.07) is -0.548. The molecule has 5 nitrogen and oxygen atoms in total. The number of carbonyl (C=O) groups excluding carboxylic acids is 2. The summed E-state index contributed by atoms with van der Waals surface area (Å²) in [7, 11) is 1.34. The minimum atomic E-state index is -0.548. The summed E-state index contributed by atoms with van der Waals surface area (Å²) in [5.74, 6) is -0.236. The molecule has 150 valence electrons. The van der Waals surface area contributed by atoms with Crippen molar-refractivity contribution in [2.45, 2.75) is 96.4 Å². The van der Waals surface area contributed by atoms with E-state index in [2.05, 4.69) is 17.0 Å². The van der Waals surface area contributed by atoms with Gasteiger partial charge in [0.1, 0.15) is 6.04 Å². The molecule has 25 heavy (non-hydrogen) atoms. The quantitative estimate of drug-likeness (QED) is 0.312. The molecule has 0 fully saturated rings. The second kappa shape index (κ2) is 19.5. The molecule has 0 aliphatic carbocycles. The highest BCUT2D eigenvalue weighted by Gasteiger charge is 2.12. The van der Waals surface area contributed by atoms with Crippen molar-refractivity contribution in [2.24, 2.45) is 5.73 Å². The van der Waals surface area contributed by atoms with Crippen LogP contribution in [-0.4, -0.2) is 31.6 Å². The molecule has 0 aromatic carbocycles. The average Bonchev–Trinajstić information content (AvgIpc) is 2.59. The van der Waals surface area contributed by atoms with Gasteiger partial charge in [0, 0.05) is 13.0 Å². The Labute approximate surface area is 160 Å². The minimum Gasteiger partial charge on any atom is -0.468 e. The van der Waals surface area contributed by atoms with E-state index in [-0.39, 0.29) is 24.3 Å². The summed E-state index contributed by atoms with van der Waals surface area (Å²) in [5, 5.41) is 2.93. The number of rotatable bonds is 16. The molecule has 0 aromatic rings. The van der Waals surface area contributed by atoms with Gasteiger partial charge in [-0.15, -0.1) is 12.4 Å². The van der Waals surface area contributed by atoms with E-state index < -0.39 is 6.04 Å². The van der Waals surface area contributed by atoms with Gasteiger partial charge < -0.3 is 15.8 Å². The SMILES string of the molecule is CCCCCCCCCCCC(=O)NCCCC[C@H](N)C(=O)OC.Cl. The Bertz CT molecular complexity index is 328. The molecule has 0 aliphatic rings. The third-order valence-electron chi connectivity index (χ3n) is 4.28. The summed E-state index contributed by atoms with van der Waals surface area (Å²) < 4.78 is 4.57. The number of halogens is 1. The maximum absolute atomic E-state index is 11.7. The van der Waals surface area contributed by atoms with E-state index in [1.54, 1.807) is 0 Å². The average molecular weight is 379 g/mol. The number of esters is 1. The normalized spacial score (nSPS) is 11.5. The number of carbonyl (C=O) groups is 2. The molecule has 0 radical (unpaired) electrons. The number of ether oxygens (including phenoxy) is 1. The molecule has 0 heterocycles. The van der Waals surface area contributed by atoms with Crippen LogP contribution in [0.15, 0.2) is 0 Å². The van der Waals surface area contributed by atoms with Gasteiger partial charge in [-0.3, -0.25) is 9.59 Å². The van der Waals surface area contributed by atoms with Crippen LogP contribution in [0.25, 0.3) is 0 Å². The van der Waals surface area contributed by atoms with Crippen LogP contribution in [0.3, 0.4) is 0 Å². The standard InChI is InChI=1S/C19H38N2O3.ClH/c1-3-4-5-6-7-8-9-10-11-15-18(22)21-16-13-12-14-17(20)19(23)24-2;/h17H,3-16,20H2,1-2H3,(H,21,22);1H/t17-;/m0./s1. The number of nitrogens with two attached hydrogens (primary N) is 1. The first-order valence-corrected chi connectivity index (χ1v) is 9.72. The Morgan fingerprint density at radius 1 is 0.920 bits per heavy atom. The third-order valence-corrected chi connectivity index (χ3v) is 4.28. The van der Waals surface area contributed by atoms with E-state index in [4.69, 9.17) is 5.73 Å². The van der Waals surface area contributed by atoms with Crippen molar-refractivity contribution in [1.29, 1.82) is 0 Å². The lowest BCUT2D eigenvalue weighted by Crippen LogP contribution is -2.31. The van der Waals surface area contributed by atoms with Crippen molar-refractivity contribution >= 4 is 24.3 Å². The smallest absolute Gasteiger partial charge is 0.322 e. The van der Waals surface area contributed by atoms with Gasteiger partial charge in [0.25, 0.3) is 0 Å². The second-order valence-corrected chi connectivity index (χ2v) is 6.55. The van der Waals surface area contributed by atoms with E-state index in [1.165, 1.54) is 52.1 Å². The van der Waals surface area contributed by atoms with Gasteiger partial charge in [-0.2, -0.15) is 0 Å². The summed E-state index contributed by atoms with van der Waals surface area (Å²) in [5.41, 5.74) is 5.65. The molecule has 0 aromatic heterocycles. The number of amides is 1. The van der Waals surface area contributed by atoms with Crippen LogP contribution >= 0.6 is 12.4 Å². The lowest BCUT2D eigenvalue weighted by molar-refractivity contribution is -0.142. The minimum absolute atomic E-state index is 0. The Morgan fingerprint density at radius 2 is 1.48 bits per heavy atom. The van der Waals surface area contributed by atoms with Gasteiger partial charge in [-0.1, -0.05) is 58.3 Å². The molecule has 1 amide bonds. The zero-order valence-electron chi connectivity index (χ0n) is 16.2. The largest absolute Gasteiger partial charge is 0.468 e. The molecule has 0 saturated heterocycles. The van der Waals surface area contributed by atoms with Gasteiger partial charge >= 0.3 is 5.97 Å². The maximum atomic E-state index is 11.7.